The van der Waals surface area contributed by atoms with E-state index in [-0.39, 0.29) is 42.4 Å². The van der Waals surface area contributed by atoms with Crippen LogP contribution < -0.4 is 5.32 Å². The lowest BCUT2D eigenvalue weighted by Gasteiger charge is -2.34. The van der Waals surface area contributed by atoms with Crippen molar-refractivity contribution in [2.45, 2.75) is 37.9 Å². The summed E-state index contributed by atoms with van der Waals surface area (Å²) >= 11 is 1.24. The van der Waals surface area contributed by atoms with Crippen molar-refractivity contribution in [3.63, 3.8) is 0 Å². The van der Waals surface area contributed by atoms with Gasteiger partial charge >= 0.3 is 5.97 Å². The molecule has 36 heavy (non-hydrogen) atoms. The van der Waals surface area contributed by atoms with Crippen LogP contribution in [-0.2, 0) is 19.5 Å². The van der Waals surface area contributed by atoms with Crippen LogP contribution in [0.1, 0.15) is 40.8 Å². The SMILES string of the molecule is CCOC(=O)c1sc(-c2ccccc2)cc1NC(=O)c1ccc(S(=O)(=O)N2C[C@H](C)O[C@@H](C)C2)cc1. The van der Waals surface area contributed by atoms with Crippen LogP contribution in [0.3, 0.4) is 0 Å². The van der Waals surface area contributed by atoms with E-state index >= 15 is 0 Å². The molecule has 2 atom stereocenters. The Hall–Kier alpha value is -3.05. The van der Waals surface area contributed by atoms with E-state index < -0.39 is 21.9 Å². The van der Waals surface area contributed by atoms with Gasteiger partial charge in [-0.05, 0) is 56.7 Å². The van der Waals surface area contributed by atoms with Gasteiger partial charge in [-0.2, -0.15) is 4.31 Å². The van der Waals surface area contributed by atoms with E-state index in [1.165, 1.54) is 39.9 Å². The van der Waals surface area contributed by atoms with Crippen LogP contribution >= 0.6 is 11.3 Å². The highest BCUT2D eigenvalue weighted by Gasteiger charge is 2.32. The number of hydrogen-bond acceptors (Lipinski definition) is 7. The first-order valence-corrected chi connectivity index (χ1v) is 13.9. The summed E-state index contributed by atoms with van der Waals surface area (Å²) in [5.41, 5.74) is 1.52. The predicted molar refractivity (Wildman–Crippen MR) is 139 cm³/mol. The summed E-state index contributed by atoms with van der Waals surface area (Å²) in [6.45, 7) is 6.14. The van der Waals surface area contributed by atoms with Crippen LogP contribution in [0.5, 0.6) is 0 Å². The van der Waals surface area contributed by atoms with E-state index in [9.17, 15) is 18.0 Å². The van der Waals surface area contributed by atoms with Crippen LogP contribution in [-0.4, -0.2) is 56.5 Å². The molecule has 3 aromatic rings. The van der Waals surface area contributed by atoms with Gasteiger partial charge in [0.1, 0.15) is 4.88 Å². The number of ether oxygens (including phenoxy) is 2. The zero-order valence-corrected chi connectivity index (χ0v) is 21.9. The molecule has 4 rings (SSSR count). The number of carbonyl (C=O) groups is 2. The third-order valence-electron chi connectivity index (χ3n) is 5.64. The Morgan fingerprint density at radius 2 is 1.69 bits per heavy atom. The minimum atomic E-state index is -3.72. The lowest BCUT2D eigenvalue weighted by molar-refractivity contribution is -0.0440. The van der Waals surface area contributed by atoms with Crippen LogP contribution in [0.25, 0.3) is 10.4 Å². The monoisotopic (exact) mass is 528 g/mol. The number of hydrogen-bond donors (Lipinski definition) is 1. The normalized spacial score (nSPS) is 18.5. The van der Waals surface area contributed by atoms with Gasteiger partial charge in [0.2, 0.25) is 10.0 Å². The molecule has 2 aromatic carbocycles. The Kier molecular flexibility index (Phi) is 7.89. The van der Waals surface area contributed by atoms with Gasteiger partial charge in [0.05, 0.1) is 29.4 Å². The standard InChI is InChI=1S/C26H28N2O6S2/c1-4-33-26(30)24-22(14-23(35-24)19-8-6-5-7-9-19)27-25(29)20-10-12-21(13-11-20)36(31,32)28-15-17(2)34-18(3)16-28/h5-14,17-18H,4,15-16H2,1-3H3,(H,27,29)/t17-,18-/m0/s1. The summed E-state index contributed by atoms with van der Waals surface area (Å²) in [7, 11) is -3.72. The van der Waals surface area contributed by atoms with Crippen molar-refractivity contribution in [2.75, 3.05) is 25.0 Å². The lowest BCUT2D eigenvalue weighted by atomic mass is 10.2. The minimum Gasteiger partial charge on any atom is -0.462 e. The molecular weight excluding hydrogens is 500 g/mol. The number of nitrogens with zero attached hydrogens (tertiary/aromatic N) is 1. The summed E-state index contributed by atoms with van der Waals surface area (Å²) in [5.74, 6) is -0.981. The van der Waals surface area contributed by atoms with Gasteiger partial charge in [-0.15, -0.1) is 11.3 Å². The molecule has 1 amide bonds. The highest BCUT2D eigenvalue weighted by molar-refractivity contribution is 7.89. The zero-order valence-electron chi connectivity index (χ0n) is 20.3. The Bertz CT molecular complexity index is 1330. The van der Waals surface area contributed by atoms with Gasteiger partial charge in [-0.3, -0.25) is 4.79 Å². The first kappa shape index (κ1) is 26.0. The van der Waals surface area contributed by atoms with Crippen molar-refractivity contribution in [1.82, 2.24) is 4.31 Å². The Morgan fingerprint density at radius 3 is 2.31 bits per heavy atom. The predicted octanol–water partition coefficient (Wildman–Crippen LogP) is 4.64. The number of carbonyl (C=O) groups excluding carboxylic acids is 2. The summed E-state index contributed by atoms with van der Waals surface area (Å²) in [6, 6.07) is 17.0. The number of anilines is 1. The smallest absolute Gasteiger partial charge is 0.350 e. The van der Waals surface area contributed by atoms with E-state index in [2.05, 4.69) is 5.32 Å². The molecule has 2 heterocycles. The van der Waals surface area contributed by atoms with Gasteiger partial charge in [-0.25, -0.2) is 13.2 Å². The number of thiophene rings is 1. The second-order valence-corrected chi connectivity index (χ2v) is 11.5. The number of benzene rings is 2. The molecular formula is C26H28N2O6S2. The molecule has 8 nitrogen and oxygen atoms in total. The number of sulfonamides is 1. The summed E-state index contributed by atoms with van der Waals surface area (Å²) < 4.78 is 38.4. The Morgan fingerprint density at radius 1 is 1.06 bits per heavy atom. The van der Waals surface area contributed by atoms with E-state index in [1.807, 2.05) is 44.2 Å². The fourth-order valence-corrected chi connectivity index (χ4v) is 6.63. The van der Waals surface area contributed by atoms with Gasteiger partial charge in [-0.1, -0.05) is 30.3 Å². The van der Waals surface area contributed by atoms with E-state index in [1.54, 1.807) is 13.0 Å². The number of esters is 1. The van der Waals surface area contributed by atoms with Crippen molar-refractivity contribution in [3.05, 3.63) is 71.1 Å². The first-order chi connectivity index (χ1) is 17.2. The van der Waals surface area contributed by atoms with Crippen molar-refractivity contribution >= 4 is 38.9 Å². The molecule has 0 bridgehead atoms. The van der Waals surface area contributed by atoms with Crippen LogP contribution in [0.2, 0.25) is 0 Å². The maximum atomic E-state index is 13.1. The van der Waals surface area contributed by atoms with Crippen LogP contribution in [0, 0.1) is 0 Å². The topological polar surface area (TPSA) is 102 Å². The Labute approximate surface area is 214 Å². The minimum absolute atomic E-state index is 0.106. The second-order valence-electron chi connectivity index (χ2n) is 8.50. The van der Waals surface area contributed by atoms with Crippen molar-refractivity contribution in [1.29, 1.82) is 0 Å². The maximum Gasteiger partial charge on any atom is 0.350 e. The molecule has 190 valence electrons. The molecule has 0 aliphatic carbocycles. The van der Waals surface area contributed by atoms with Crippen LogP contribution in [0.4, 0.5) is 5.69 Å². The molecule has 0 saturated carbocycles. The summed E-state index contributed by atoms with van der Waals surface area (Å²) in [6.07, 6.45) is -0.401. The van der Waals surface area contributed by atoms with Gasteiger partial charge in [0, 0.05) is 23.5 Å². The second kappa shape index (κ2) is 10.9. The van der Waals surface area contributed by atoms with Crippen molar-refractivity contribution < 1.29 is 27.5 Å². The highest BCUT2D eigenvalue weighted by Crippen LogP contribution is 2.35. The molecule has 1 aliphatic heterocycles. The van der Waals surface area contributed by atoms with Gasteiger partial charge < -0.3 is 14.8 Å². The van der Waals surface area contributed by atoms with E-state index in [4.69, 9.17) is 9.47 Å². The van der Waals surface area contributed by atoms with Crippen molar-refractivity contribution in [3.8, 4) is 10.4 Å². The molecule has 1 aromatic heterocycles. The molecule has 0 radical (unpaired) electrons. The largest absolute Gasteiger partial charge is 0.462 e. The first-order valence-electron chi connectivity index (χ1n) is 11.6. The van der Waals surface area contributed by atoms with Gasteiger partial charge in [0.15, 0.2) is 0 Å². The lowest BCUT2D eigenvalue weighted by Crippen LogP contribution is -2.48. The third-order valence-corrected chi connectivity index (χ3v) is 8.65. The maximum absolute atomic E-state index is 13.1. The Balaban J connectivity index is 1.55. The highest BCUT2D eigenvalue weighted by atomic mass is 32.2. The summed E-state index contributed by atoms with van der Waals surface area (Å²) in [4.78, 5) is 26.7. The number of morpholine rings is 1. The fourth-order valence-electron chi connectivity index (χ4n) is 4.03. The van der Waals surface area contributed by atoms with E-state index in [0.29, 0.717) is 10.6 Å². The number of amides is 1. The molecule has 10 heteroatoms. The van der Waals surface area contributed by atoms with Crippen LogP contribution in [0.15, 0.2) is 65.6 Å². The van der Waals surface area contributed by atoms with Crippen molar-refractivity contribution in [2.24, 2.45) is 0 Å². The van der Waals surface area contributed by atoms with E-state index in [0.717, 1.165) is 10.4 Å². The van der Waals surface area contributed by atoms with Gasteiger partial charge in [0.25, 0.3) is 5.91 Å². The average molecular weight is 529 g/mol. The average Bonchev–Trinajstić information content (AvgIpc) is 3.28. The molecule has 1 saturated heterocycles. The number of nitrogens with one attached hydrogen (secondary N) is 1. The molecule has 0 unspecified atom stereocenters. The third kappa shape index (κ3) is 5.67. The quantitative estimate of drug-likeness (QED) is 0.448. The zero-order chi connectivity index (χ0) is 25.9. The molecule has 0 spiro atoms. The fraction of sp³-hybridized carbons (Fsp3) is 0.308. The molecule has 1 aliphatic rings. The number of rotatable bonds is 7. The molecule has 1 N–H and O–H groups in total. The summed E-state index contributed by atoms with van der Waals surface area (Å²) in [5, 5.41) is 2.78. The molecule has 1 fully saturated rings.